The van der Waals surface area contributed by atoms with E-state index in [0.717, 1.165) is 15.7 Å². The van der Waals surface area contributed by atoms with Gasteiger partial charge in [-0.3, -0.25) is 0 Å². The van der Waals surface area contributed by atoms with Crippen LogP contribution in [0.3, 0.4) is 0 Å². The van der Waals surface area contributed by atoms with Crippen molar-refractivity contribution in [1.29, 1.82) is 0 Å². The first kappa shape index (κ1) is 16.1. The molecule has 0 saturated carbocycles. The van der Waals surface area contributed by atoms with Crippen LogP contribution in [0.25, 0.3) is 0 Å². The van der Waals surface area contributed by atoms with E-state index in [9.17, 15) is 4.79 Å². The number of carbonyl (C=O) groups is 1. The molecule has 2 aromatic rings. The predicted molar refractivity (Wildman–Crippen MR) is 91.5 cm³/mol. The fourth-order valence-electron chi connectivity index (χ4n) is 1.77. The average molecular weight is 358 g/mol. The van der Waals surface area contributed by atoms with Gasteiger partial charge in [0.15, 0.2) is 6.04 Å². The molecule has 0 saturated heterocycles. The molecule has 0 spiro atoms. The van der Waals surface area contributed by atoms with Crippen LogP contribution in [0.2, 0.25) is 0 Å². The van der Waals surface area contributed by atoms with Gasteiger partial charge in [-0.15, -0.1) is 0 Å². The first-order valence-electron chi connectivity index (χ1n) is 6.94. The molecule has 4 heteroatoms. The molecule has 0 radical (unpaired) electrons. The number of rotatable bonds is 4. The summed E-state index contributed by atoms with van der Waals surface area (Å²) in [4.78, 5) is 12.0. The Bertz CT molecular complexity index is 672. The minimum atomic E-state index is -0.707. The number of ether oxygens (including phenoxy) is 1. The second-order valence-electron chi connectivity index (χ2n) is 4.47. The smallest absolute Gasteiger partial charge is 0.341 e. The normalized spacial score (nSPS) is 11.0. The van der Waals surface area contributed by atoms with Gasteiger partial charge in [0.05, 0.1) is 6.61 Å². The van der Waals surface area contributed by atoms with Crippen LogP contribution in [-0.4, -0.2) is 18.6 Å². The molecular weight excluding hydrogens is 342 g/mol. The molecule has 0 fully saturated rings. The molecule has 2 aromatic carbocycles. The topological polar surface area (TPSA) is 38.3 Å². The van der Waals surface area contributed by atoms with Gasteiger partial charge in [0.1, 0.15) is 0 Å². The van der Waals surface area contributed by atoms with E-state index in [1.165, 1.54) is 0 Å². The second kappa shape index (κ2) is 8.26. The Morgan fingerprint density at radius 2 is 1.86 bits per heavy atom. The number of carbonyl (C=O) groups excluding carboxylic acids is 1. The van der Waals surface area contributed by atoms with Crippen LogP contribution in [0.5, 0.6) is 0 Å². The fraction of sp³-hybridized carbons (Fsp3) is 0.167. The summed E-state index contributed by atoms with van der Waals surface area (Å²) in [6.07, 6.45) is 0. The molecule has 0 aliphatic rings. The van der Waals surface area contributed by atoms with Gasteiger partial charge < -0.3 is 10.1 Å². The molecule has 0 aromatic heterocycles. The highest BCUT2D eigenvalue weighted by Crippen LogP contribution is 2.15. The molecule has 0 aliphatic carbocycles. The summed E-state index contributed by atoms with van der Waals surface area (Å²) in [5.74, 6) is 5.55. The third kappa shape index (κ3) is 4.94. The third-order valence-corrected chi connectivity index (χ3v) is 3.34. The lowest BCUT2D eigenvalue weighted by atomic mass is 10.2. The van der Waals surface area contributed by atoms with Gasteiger partial charge in [-0.1, -0.05) is 46.0 Å². The molecule has 0 amide bonds. The zero-order chi connectivity index (χ0) is 15.8. The minimum absolute atomic E-state index is 0.324. The van der Waals surface area contributed by atoms with E-state index >= 15 is 0 Å². The Hall–Kier alpha value is -2.25. The molecule has 1 atom stereocenters. The molecule has 0 aliphatic heterocycles. The lowest BCUT2D eigenvalue weighted by Crippen LogP contribution is -2.30. The van der Waals surface area contributed by atoms with Crippen molar-refractivity contribution in [3.05, 3.63) is 64.6 Å². The number of hydrogen-bond donors (Lipinski definition) is 1. The molecule has 1 N–H and O–H groups in total. The van der Waals surface area contributed by atoms with Gasteiger partial charge in [-0.2, -0.15) is 0 Å². The minimum Gasteiger partial charge on any atom is -0.464 e. The van der Waals surface area contributed by atoms with Gasteiger partial charge in [-0.25, -0.2) is 4.79 Å². The van der Waals surface area contributed by atoms with Crippen molar-refractivity contribution in [3.63, 3.8) is 0 Å². The Balaban J connectivity index is 2.18. The SMILES string of the molecule is CCOC(=O)[C@@H](C#Cc1ccccc1)Nc1ccc(Br)cc1. The fourth-order valence-corrected chi connectivity index (χ4v) is 2.03. The van der Waals surface area contributed by atoms with Crippen LogP contribution in [0, 0.1) is 11.8 Å². The molecule has 0 unspecified atom stereocenters. The summed E-state index contributed by atoms with van der Waals surface area (Å²) in [5.41, 5.74) is 1.66. The van der Waals surface area contributed by atoms with E-state index < -0.39 is 6.04 Å². The van der Waals surface area contributed by atoms with Crippen LogP contribution < -0.4 is 5.32 Å². The maximum Gasteiger partial charge on any atom is 0.341 e. The van der Waals surface area contributed by atoms with Crippen molar-refractivity contribution in [2.24, 2.45) is 0 Å². The van der Waals surface area contributed by atoms with Crippen molar-refractivity contribution in [2.75, 3.05) is 11.9 Å². The number of nitrogens with one attached hydrogen (secondary N) is 1. The molecule has 2 rings (SSSR count). The van der Waals surface area contributed by atoms with E-state index in [0.29, 0.717) is 6.61 Å². The quantitative estimate of drug-likeness (QED) is 0.667. The number of esters is 1. The zero-order valence-corrected chi connectivity index (χ0v) is 13.8. The average Bonchev–Trinajstić information content (AvgIpc) is 2.54. The Morgan fingerprint density at radius 1 is 1.18 bits per heavy atom. The third-order valence-electron chi connectivity index (χ3n) is 2.81. The number of benzene rings is 2. The van der Waals surface area contributed by atoms with Gasteiger partial charge in [-0.05, 0) is 43.3 Å². The second-order valence-corrected chi connectivity index (χ2v) is 5.39. The van der Waals surface area contributed by atoms with Gasteiger partial charge in [0, 0.05) is 15.7 Å². The van der Waals surface area contributed by atoms with Crippen LogP contribution in [-0.2, 0) is 9.53 Å². The van der Waals surface area contributed by atoms with Crippen molar-refractivity contribution >= 4 is 27.6 Å². The first-order valence-corrected chi connectivity index (χ1v) is 7.73. The van der Waals surface area contributed by atoms with Crippen molar-refractivity contribution in [2.45, 2.75) is 13.0 Å². The zero-order valence-electron chi connectivity index (χ0n) is 12.2. The largest absolute Gasteiger partial charge is 0.464 e. The molecule has 22 heavy (non-hydrogen) atoms. The highest BCUT2D eigenvalue weighted by atomic mass is 79.9. The monoisotopic (exact) mass is 357 g/mol. The Morgan fingerprint density at radius 3 is 2.50 bits per heavy atom. The Labute approximate surface area is 138 Å². The highest BCUT2D eigenvalue weighted by Gasteiger charge is 2.16. The Kier molecular flexibility index (Phi) is 6.05. The molecule has 0 heterocycles. The van der Waals surface area contributed by atoms with Gasteiger partial charge in [0.25, 0.3) is 0 Å². The molecule has 112 valence electrons. The molecule has 3 nitrogen and oxygen atoms in total. The maximum absolute atomic E-state index is 12.0. The van der Waals surface area contributed by atoms with Crippen LogP contribution in [0.15, 0.2) is 59.1 Å². The maximum atomic E-state index is 12.0. The van der Waals surface area contributed by atoms with E-state index in [-0.39, 0.29) is 5.97 Å². The van der Waals surface area contributed by atoms with E-state index in [2.05, 4.69) is 33.1 Å². The van der Waals surface area contributed by atoms with Gasteiger partial charge in [0.2, 0.25) is 0 Å². The standard InChI is InChI=1S/C18H16BrNO2/c1-2-22-18(21)17(13-8-14-6-4-3-5-7-14)20-16-11-9-15(19)10-12-16/h3-7,9-12,17,20H,2H2,1H3/t17-/m1/s1. The van der Waals surface area contributed by atoms with Crippen molar-refractivity contribution in [1.82, 2.24) is 0 Å². The van der Waals surface area contributed by atoms with Crippen LogP contribution in [0.4, 0.5) is 5.69 Å². The lowest BCUT2D eigenvalue weighted by molar-refractivity contribution is -0.142. The first-order chi connectivity index (χ1) is 10.7. The van der Waals surface area contributed by atoms with Crippen molar-refractivity contribution < 1.29 is 9.53 Å². The molecular formula is C18H16BrNO2. The van der Waals surface area contributed by atoms with Gasteiger partial charge >= 0.3 is 5.97 Å². The number of anilines is 1. The lowest BCUT2D eigenvalue weighted by Gasteiger charge is -2.13. The van der Waals surface area contributed by atoms with Crippen LogP contribution in [0.1, 0.15) is 12.5 Å². The van der Waals surface area contributed by atoms with E-state index in [1.807, 2.05) is 54.6 Å². The summed E-state index contributed by atoms with van der Waals surface area (Å²) < 4.78 is 6.05. The summed E-state index contributed by atoms with van der Waals surface area (Å²) >= 11 is 3.38. The summed E-state index contributed by atoms with van der Waals surface area (Å²) in [5, 5.41) is 3.09. The summed E-state index contributed by atoms with van der Waals surface area (Å²) in [6.45, 7) is 2.10. The van der Waals surface area contributed by atoms with Crippen molar-refractivity contribution in [3.8, 4) is 11.8 Å². The number of halogens is 1. The highest BCUT2D eigenvalue weighted by molar-refractivity contribution is 9.10. The van der Waals surface area contributed by atoms with E-state index in [4.69, 9.17) is 4.74 Å². The van der Waals surface area contributed by atoms with E-state index in [1.54, 1.807) is 6.92 Å². The number of hydrogen-bond acceptors (Lipinski definition) is 3. The summed E-state index contributed by atoms with van der Waals surface area (Å²) in [6, 6.07) is 16.4. The van der Waals surface area contributed by atoms with Crippen LogP contribution >= 0.6 is 15.9 Å². The summed E-state index contributed by atoms with van der Waals surface area (Å²) in [7, 11) is 0. The molecule has 0 bridgehead atoms. The predicted octanol–water partition coefficient (Wildman–Crippen LogP) is 3.84.